The van der Waals surface area contributed by atoms with E-state index in [1.54, 1.807) is 19.1 Å². The molecule has 0 aliphatic heterocycles. The Morgan fingerprint density at radius 1 is 1.30 bits per heavy atom. The molecule has 0 heterocycles. The molecule has 1 aromatic rings. The van der Waals surface area contributed by atoms with Crippen LogP contribution in [-0.4, -0.2) is 43.6 Å². The zero-order chi connectivity index (χ0) is 15.0. The van der Waals surface area contributed by atoms with Gasteiger partial charge in [0.2, 0.25) is 0 Å². The summed E-state index contributed by atoms with van der Waals surface area (Å²) in [6, 6.07) is 5.87. The molecule has 0 N–H and O–H groups in total. The van der Waals surface area contributed by atoms with E-state index >= 15 is 0 Å². The van der Waals surface area contributed by atoms with E-state index in [0.29, 0.717) is 6.54 Å². The first kappa shape index (κ1) is 15.9. The van der Waals surface area contributed by atoms with E-state index in [1.807, 2.05) is 0 Å². The number of amides is 1. The van der Waals surface area contributed by atoms with Crippen molar-refractivity contribution in [2.45, 2.75) is 13.3 Å². The third-order valence-corrected chi connectivity index (χ3v) is 2.74. The Morgan fingerprint density at radius 2 is 2.00 bits per heavy atom. The molecule has 1 rings (SSSR count). The monoisotopic (exact) mass is 283 g/mol. The lowest BCUT2D eigenvalue weighted by atomic mass is 10.3. The van der Waals surface area contributed by atoms with Crippen molar-refractivity contribution in [3.05, 3.63) is 30.1 Å². The van der Waals surface area contributed by atoms with E-state index in [1.165, 1.54) is 24.1 Å². The number of methoxy groups -OCH3 is 1. The normalized spacial score (nSPS) is 9.95. The van der Waals surface area contributed by atoms with Gasteiger partial charge in [0.05, 0.1) is 13.5 Å². The SMILES string of the molecule is CCN(CCC(=O)OC)C(=O)COc1ccccc1F. The van der Waals surface area contributed by atoms with Crippen LogP contribution in [0.25, 0.3) is 0 Å². The molecule has 0 spiro atoms. The number of halogens is 1. The van der Waals surface area contributed by atoms with Gasteiger partial charge in [0, 0.05) is 13.1 Å². The zero-order valence-corrected chi connectivity index (χ0v) is 11.6. The first-order chi connectivity index (χ1) is 9.58. The number of carbonyl (C=O) groups excluding carboxylic acids is 2. The maximum Gasteiger partial charge on any atom is 0.307 e. The smallest absolute Gasteiger partial charge is 0.307 e. The molecule has 0 bridgehead atoms. The molecule has 0 aromatic heterocycles. The van der Waals surface area contributed by atoms with E-state index in [9.17, 15) is 14.0 Å². The van der Waals surface area contributed by atoms with E-state index in [2.05, 4.69) is 4.74 Å². The van der Waals surface area contributed by atoms with Gasteiger partial charge in [-0.3, -0.25) is 9.59 Å². The Labute approximate surface area is 117 Å². The fourth-order valence-electron chi connectivity index (χ4n) is 1.58. The molecule has 5 nitrogen and oxygen atoms in total. The zero-order valence-electron chi connectivity index (χ0n) is 11.6. The molecule has 20 heavy (non-hydrogen) atoms. The maximum atomic E-state index is 13.3. The largest absolute Gasteiger partial charge is 0.481 e. The summed E-state index contributed by atoms with van der Waals surface area (Å²) in [4.78, 5) is 24.4. The van der Waals surface area contributed by atoms with E-state index in [4.69, 9.17) is 4.74 Å². The minimum absolute atomic E-state index is 0.0323. The molecule has 0 unspecified atom stereocenters. The topological polar surface area (TPSA) is 55.8 Å². The number of benzene rings is 1. The summed E-state index contributed by atoms with van der Waals surface area (Å²) in [7, 11) is 1.29. The van der Waals surface area contributed by atoms with Crippen molar-refractivity contribution in [1.29, 1.82) is 0 Å². The van der Waals surface area contributed by atoms with Gasteiger partial charge in [-0.15, -0.1) is 0 Å². The molecule has 1 aromatic carbocycles. The van der Waals surface area contributed by atoms with Gasteiger partial charge in [-0.1, -0.05) is 12.1 Å². The number of nitrogens with zero attached hydrogens (tertiary/aromatic N) is 1. The Morgan fingerprint density at radius 3 is 2.60 bits per heavy atom. The molecular weight excluding hydrogens is 265 g/mol. The number of ether oxygens (including phenoxy) is 2. The molecule has 0 radical (unpaired) electrons. The van der Waals surface area contributed by atoms with Gasteiger partial charge in [0.25, 0.3) is 5.91 Å². The molecule has 0 fully saturated rings. The van der Waals surface area contributed by atoms with Crippen LogP contribution in [0.2, 0.25) is 0 Å². The van der Waals surface area contributed by atoms with Crippen molar-refractivity contribution in [3.8, 4) is 5.75 Å². The second kappa shape index (κ2) is 8.14. The lowest BCUT2D eigenvalue weighted by Gasteiger charge is -2.20. The second-order valence-electron chi connectivity index (χ2n) is 4.02. The first-order valence-corrected chi connectivity index (χ1v) is 6.30. The number of likely N-dealkylation sites (N-methyl/N-ethyl adjacent to an activating group) is 1. The Bertz CT molecular complexity index is 464. The third-order valence-electron chi connectivity index (χ3n) is 2.74. The minimum atomic E-state index is -0.516. The van der Waals surface area contributed by atoms with Crippen LogP contribution in [0.15, 0.2) is 24.3 Å². The number of hydrogen-bond acceptors (Lipinski definition) is 4. The van der Waals surface area contributed by atoms with Crippen LogP contribution >= 0.6 is 0 Å². The fourth-order valence-corrected chi connectivity index (χ4v) is 1.58. The van der Waals surface area contributed by atoms with Crippen molar-refractivity contribution in [1.82, 2.24) is 4.90 Å². The summed E-state index contributed by atoms with van der Waals surface area (Å²) in [6.45, 7) is 2.22. The summed E-state index contributed by atoms with van der Waals surface area (Å²) < 4.78 is 23.0. The summed E-state index contributed by atoms with van der Waals surface area (Å²) in [5.74, 6) is -1.17. The van der Waals surface area contributed by atoms with E-state index < -0.39 is 5.82 Å². The van der Waals surface area contributed by atoms with Crippen molar-refractivity contribution < 1.29 is 23.5 Å². The van der Waals surface area contributed by atoms with Crippen LogP contribution in [-0.2, 0) is 14.3 Å². The van der Waals surface area contributed by atoms with Crippen molar-refractivity contribution in [2.75, 3.05) is 26.8 Å². The van der Waals surface area contributed by atoms with Crippen LogP contribution in [0.3, 0.4) is 0 Å². The Kier molecular flexibility index (Phi) is 6.49. The molecule has 0 saturated carbocycles. The van der Waals surface area contributed by atoms with Crippen molar-refractivity contribution in [2.24, 2.45) is 0 Å². The van der Waals surface area contributed by atoms with Gasteiger partial charge in [-0.05, 0) is 19.1 Å². The van der Waals surface area contributed by atoms with E-state index in [0.717, 1.165) is 0 Å². The second-order valence-corrected chi connectivity index (χ2v) is 4.02. The molecule has 1 amide bonds. The lowest BCUT2D eigenvalue weighted by molar-refractivity contribution is -0.142. The van der Waals surface area contributed by atoms with Crippen molar-refractivity contribution in [3.63, 3.8) is 0 Å². The standard InChI is InChI=1S/C14H18FNO4/c1-3-16(9-8-14(18)19-2)13(17)10-20-12-7-5-4-6-11(12)15/h4-7H,3,8-10H2,1-2H3. The highest BCUT2D eigenvalue weighted by atomic mass is 19.1. The molecule has 0 saturated heterocycles. The minimum Gasteiger partial charge on any atom is -0.481 e. The number of carbonyl (C=O) groups is 2. The highest BCUT2D eigenvalue weighted by molar-refractivity contribution is 5.78. The quantitative estimate of drug-likeness (QED) is 0.713. The van der Waals surface area contributed by atoms with Crippen LogP contribution in [0.1, 0.15) is 13.3 Å². The predicted octanol–water partition coefficient (Wildman–Crippen LogP) is 1.62. The van der Waals surface area contributed by atoms with Crippen molar-refractivity contribution >= 4 is 11.9 Å². The Balaban J connectivity index is 2.47. The van der Waals surface area contributed by atoms with Crippen LogP contribution in [0, 0.1) is 5.82 Å². The summed E-state index contributed by atoms with van der Waals surface area (Å²) in [5, 5.41) is 0. The molecular formula is C14H18FNO4. The van der Waals surface area contributed by atoms with E-state index in [-0.39, 0.29) is 37.2 Å². The van der Waals surface area contributed by atoms with Gasteiger partial charge in [0.15, 0.2) is 18.2 Å². The molecule has 0 aliphatic rings. The molecule has 0 atom stereocenters. The highest BCUT2D eigenvalue weighted by Crippen LogP contribution is 2.15. The van der Waals surface area contributed by atoms with Gasteiger partial charge >= 0.3 is 5.97 Å². The van der Waals surface area contributed by atoms with Crippen LogP contribution < -0.4 is 4.74 Å². The number of esters is 1. The predicted molar refractivity (Wildman–Crippen MR) is 70.8 cm³/mol. The number of hydrogen-bond donors (Lipinski definition) is 0. The number of rotatable bonds is 7. The molecule has 0 aliphatic carbocycles. The lowest BCUT2D eigenvalue weighted by Crippen LogP contribution is -2.36. The summed E-state index contributed by atoms with van der Waals surface area (Å²) in [5.41, 5.74) is 0. The summed E-state index contributed by atoms with van der Waals surface area (Å²) >= 11 is 0. The van der Waals surface area contributed by atoms with Gasteiger partial charge < -0.3 is 14.4 Å². The van der Waals surface area contributed by atoms with Gasteiger partial charge in [-0.25, -0.2) is 4.39 Å². The average molecular weight is 283 g/mol. The first-order valence-electron chi connectivity index (χ1n) is 6.30. The van der Waals surface area contributed by atoms with Gasteiger partial charge in [0.1, 0.15) is 0 Å². The van der Waals surface area contributed by atoms with Crippen LogP contribution in [0.5, 0.6) is 5.75 Å². The molecule has 110 valence electrons. The third kappa shape index (κ3) is 4.87. The van der Waals surface area contributed by atoms with Crippen LogP contribution in [0.4, 0.5) is 4.39 Å². The fraction of sp³-hybridized carbons (Fsp3) is 0.429. The van der Waals surface area contributed by atoms with Gasteiger partial charge in [-0.2, -0.15) is 0 Å². The average Bonchev–Trinajstić information content (AvgIpc) is 2.46. The maximum absolute atomic E-state index is 13.3. The summed E-state index contributed by atoms with van der Waals surface area (Å²) in [6.07, 6.45) is 0.121. The molecule has 6 heteroatoms. The highest BCUT2D eigenvalue weighted by Gasteiger charge is 2.15. The number of para-hydroxylation sites is 1. The Hall–Kier alpha value is -2.11.